The summed E-state index contributed by atoms with van der Waals surface area (Å²) in [5.41, 5.74) is 1.88. The van der Waals surface area contributed by atoms with E-state index in [4.69, 9.17) is 5.11 Å². The lowest BCUT2D eigenvalue weighted by atomic mass is 10.0. The summed E-state index contributed by atoms with van der Waals surface area (Å²) in [6.07, 6.45) is 3.18. The lowest BCUT2D eigenvalue weighted by molar-refractivity contribution is -0.141. The largest absolute Gasteiger partial charge is 0.481 e. The van der Waals surface area contributed by atoms with E-state index in [1.165, 1.54) is 5.56 Å². The second-order valence-corrected chi connectivity index (χ2v) is 5.60. The van der Waals surface area contributed by atoms with E-state index in [0.717, 1.165) is 19.3 Å². The van der Waals surface area contributed by atoms with Crippen LogP contribution >= 0.6 is 0 Å². The number of carboxylic acids is 1. The fraction of sp³-hybridized carbons (Fsp3) is 0.529. The van der Waals surface area contributed by atoms with Crippen molar-refractivity contribution in [1.29, 1.82) is 0 Å². The Hall–Kier alpha value is -1.84. The van der Waals surface area contributed by atoms with Gasteiger partial charge in [0.15, 0.2) is 0 Å². The second-order valence-electron chi connectivity index (χ2n) is 5.60. The van der Waals surface area contributed by atoms with Gasteiger partial charge >= 0.3 is 5.97 Å². The molecule has 0 radical (unpaired) electrons. The van der Waals surface area contributed by atoms with Gasteiger partial charge in [0, 0.05) is 11.6 Å². The Morgan fingerprint density at radius 1 is 1.14 bits per heavy atom. The summed E-state index contributed by atoms with van der Waals surface area (Å²) >= 11 is 0. The van der Waals surface area contributed by atoms with E-state index in [1.54, 1.807) is 6.92 Å². The number of carbonyl (C=O) groups excluding carboxylic acids is 1. The van der Waals surface area contributed by atoms with Gasteiger partial charge in [-0.05, 0) is 43.9 Å². The molecule has 0 heterocycles. The van der Waals surface area contributed by atoms with E-state index in [0.29, 0.717) is 12.0 Å². The average molecular weight is 291 g/mol. The van der Waals surface area contributed by atoms with Crippen molar-refractivity contribution >= 4 is 11.9 Å². The molecule has 0 bridgehead atoms. The van der Waals surface area contributed by atoms with Crippen molar-refractivity contribution in [2.75, 3.05) is 0 Å². The number of nitrogens with one attached hydrogen (secondary N) is 1. The third kappa shape index (κ3) is 5.98. The topological polar surface area (TPSA) is 66.4 Å². The van der Waals surface area contributed by atoms with Gasteiger partial charge in [-0.1, -0.05) is 32.4 Å². The van der Waals surface area contributed by atoms with E-state index in [9.17, 15) is 9.59 Å². The minimum absolute atomic E-state index is 0.0457. The number of aliphatic carboxylic acids is 1. The molecule has 1 rings (SSSR count). The number of carboxylic acid groups (broad SMARTS) is 1. The lowest BCUT2D eigenvalue weighted by Gasteiger charge is -2.14. The van der Waals surface area contributed by atoms with Gasteiger partial charge in [-0.2, -0.15) is 0 Å². The maximum atomic E-state index is 12.1. The molecule has 2 atom stereocenters. The molecular formula is C17H25NO3. The summed E-state index contributed by atoms with van der Waals surface area (Å²) < 4.78 is 0. The molecular weight excluding hydrogens is 266 g/mol. The fourth-order valence-electron chi connectivity index (χ4n) is 2.12. The van der Waals surface area contributed by atoms with Gasteiger partial charge in [-0.25, -0.2) is 0 Å². The monoisotopic (exact) mass is 291 g/mol. The molecule has 4 nitrogen and oxygen atoms in total. The SMILES string of the molecule is CCc1ccc(C(=O)NC(C)CCCC(C)C(=O)O)cc1. The number of hydrogen-bond donors (Lipinski definition) is 2. The Balaban J connectivity index is 2.37. The van der Waals surface area contributed by atoms with Crippen LogP contribution in [0.4, 0.5) is 0 Å². The van der Waals surface area contributed by atoms with Crippen molar-refractivity contribution in [3.63, 3.8) is 0 Å². The normalized spacial score (nSPS) is 13.5. The molecule has 1 amide bonds. The van der Waals surface area contributed by atoms with Crippen LogP contribution in [0.2, 0.25) is 0 Å². The standard InChI is InChI=1S/C17H25NO3/c1-4-14-8-10-15(11-9-14)16(19)18-13(3)7-5-6-12(2)17(20)21/h8-13H,4-7H2,1-3H3,(H,18,19)(H,20,21). The first-order valence-corrected chi connectivity index (χ1v) is 7.56. The van der Waals surface area contributed by atoms with E-state index >= 15 is 0 Å². The molecule has 1 aromatic carbocycles. The van der Waals surface area contributed by atoms with Crippen LogP contribution in [-0.4, -0.2) is 23.0 Å². The number of benzene rings is 1. The van der Waals surface area contributed by atoms with Crippen LogP contribution in [0.15, 0.2) is 24.3 Å². The Labute approximate surface area is 126 Å². The Morgan fingerprint density at radius 2 is 1.76 bits per heavy atom. The van der Waals surface area contributed by atoms with Crippen molar-refractivity contribution < 1.29 is 14.7 Å². The van der Waals surface area contributed by atoms with Crippen molar-refractivity contribution in [1.82, 2.24) is 5.32 Å². The molecule has 21 heavy (non-hydrogen) atoms. The average Bonchev–Trinajstić information content (AvgIpc) is 2.46. The highest BCUT2D eigenvalue weighted by Crippen LogP contribution is 2.10. The first-order valence-electron chi connectivity index (χ1n) is 7.56. The number of aryl methyl sites for hydroxylation is 1. The maximum Gasteiger partial charge on any atom is 0.306 e. The van der Waals surface area contributed by atoms with Crippen molar-refractivity contribution in [2.45, 2.75) is 52.5 Å². The Kier molecular flexibility index (Phi) is 6.92. The van der Waals surface area contributed by atoms with Crippen LogP contribution in [0.5, 0.6) is 0 Å². The summed E-state index contributed by atoms with van der Waals surface area (Å²) in [4.78, 5) is 22.8. The van der Waals surface area contributed by atoms with Crippen LogP contribution in [0, 0.1) is 5.92 Å². The highest BCUT2D eigenvalue weighted by atomic mass is 16.4. The first kappa shape index (κ1) is 17.2. The fourth-order valence-corrected chi connectivity index (χ4v) is 2.12. The molecule has 0 fully saturated rings. The van der Waals surface area contributed by atoms with E-state index in [2.05, 4.69) is 12.2 Å². The van der Waals surface area contributed by atoms with E-state index in [-0.39, 0.29) is 17.9 Å². The third-order valence-corrected chi connectivity index (χ3v) is 3.70. The number of carbonyl (C=O) groups is 2. The summed E-state index contributed by atoms with van der Waals surface area (Å²) in [5.74, 6) is -1.16. The molecule has 0 aliphatic heterocycles. The molecule has 0 spiro atoms. The van der Waals surface area contributed by atoms with Crippen molar-refractivity contribution in [3.05, 3.63) is 35.4 Å². The second kappa shape index (κ2) is 8.45. The van der Waals surface area contributed by atoms with Gasteiger partial charge in [0.05, 0.1) is 5.92 Å². The molecule has 2 N–H and O–H groups in total. The zero-order valence-electron chi connectivity index (χ0n) is 13.1. The van der Waals surface area contributed by atoms with Crippen LogP contribution in [0.25, 0.3) is 0 Å². The molecule has 0 aromatic heterocycles. The summed E-state index contributed by atoms with van der Waals surface area (Å²) in [6.45, 7) is 5.74. The molecule has 0 aliphatic carbocycles. The predicted octanol–water partition coefficient (Wildman–Crippen LogP) is 3.26. The maximum absolute atomic E-state index is 12.1. The van der Waals surface area contributed by atoms with Crippen LogP contribution in [0.3, 0.4) is 0 Å². The van der Waals surface area contributed by atoms with Crippen LogP contribution < -0.4 is 5.32 Å². The molecule has 0 aliphatic rings. The highest BCUT2D eigenvalue weighted by Gasteiger charge is 2.13. The lowest BCUT2D eigenvalue weighted by Crippen LogP contribution is -2.32. The Morgan fingerprint density at radius 3 is 2.29 bits per heavy atom. The predicted molar refractivity (Wildman–Crippen MR) is 83.4 cm³/mol. The summed E-state index contributed by atoms with van der Waals surface area (Å²) in [6, 6.07) is 7.66. The Bertz CT molecular complexity index is 467. The van der Waals surface area contributed by atoms with Crippen LogP contribution in [-0.2, 0) is 11.2 Å². The molecule has 116 valence electrons. The summed E-state index contributed by atoms with van der Waals surface area (Å²) in [7, 11) is 0. The first-order chi connectivity index (χ1) is 9.93. The van der Waals surface area contributed by atoms with Crippen molar-refractivity contribution in [2.24, 2.45) is 5.92 Å². The minimum atomic E-state index is -0.761. The van der Waals surface area contributed by atoms with Gasteiger partial charge in [-0.15, -0.1) is 0 Å². The van der Waals surface area contributed by atoms with E-state index < -0.39 is 5.97 Å². The van der Waals surface area contributed by atoms with Crippen molar-refractivity contribution in [3.8, 4) is 0 Å². The molecule has 2 unspecified atom stereocenters. The molecule has 0 saturated heterocycles. The van der Waals surface area contributed by atoms with E-state index in [1.807, 2.05) is 31.2 Å². The minimum Gasteiger partial charge on any atom is -0.481 e. The van der Waals surface area contributed by atoms with Gasteiger partial charge in [-0.3, -0.25) is 9.59 Å². The number of amides is 1. The smallest absolute Gasteiger partial charge is 0.306 e. The molecule has 0 saturated carbocycles. The quantitative estimate of drug-likeness (QED) is 0.772. The molecule has 4 heteroatoms. The zero-order chi connectivity index (χ0) is 15.8. The van der Waals surface area contributed by atoms with Crippen LogP contribution in [0.1, 0.15) is 56.0 Å². The third-order valence-electron chi connectivity index (χ3n) is 3.70. The number of rotatable bonds is 8. The highest BCUT2D eigenvalue weighted by molar-refractivity contribution is 5.94. The summed E-state index contributed by atoms with van der Waals surface area (Å²) in [5, 5.41) is 11.8. The molecule has 1 aromatic rings. The zero-order valence-corrected chi connectivity index (χ0v) is 13.1. The van der Waals surface area contributed by atoms with Gasteiger partial charge in [0.1, 0.15) is 0 Å². The van der Waals surface area contributed by atoms with Gasteiger partial charge in [0.2, 0.25) is 0 Å². The van der Waals surface area contributed by atoms with Gasteiger partial charge < -0.3 is 10.4 Å². The number of hydrogen-bond acceptors (Lipinski definition) is 2. The van der Waals surface area contributed by atoms with Gasteiger partial charge in [0.25, 0.3) is 5.91 Å².